The van der Waals surface area contributed by atoms with Gasteiger partial charge in [-0.15, -0.1) is 0 Å². The fraction of sp³-hybridized carbons (Fsp3) is 0.944. The fourth-order valence-electron chi connectivity index (χ4n) is 10.9. The Balaban J connectivity index is 5.15. The van der Waals surface area contributed by atoms with Gasteiger partial charge in [-0.2, -0.15) is 0 Å². The van der Waals surface area contributed by atoms with Crippen LogP contribution in [0.3, 0.4) is 0 Å². The van der Waals surface area contributed by atoms with Gasteiger partial charge in [-0.05, 0) is 37.5 Å². The van der Waals surface area contributed by atoms with Gasteiger partial charge in [0.2, 0.25) is 0 Å². The van der Waals surface area contributed by atoms with E-state index in [1.165, 1.54) is 186 Å². The van der Waals surface area contributed by atoms with Crippen molar-refractivity contribution in [3.8, 4) is 0 Å². The predicted molar refractivity (Wildman–Crippen MR) is 368 cm³/mol. The minimum Gasteiger partial charge on any atom is -0.462 e. The summed E-state index contributed by atoms with van der Waals surface area (Å²) in [5.74, 6) is -0.705. The number of hydrogen-bond donors (Lipinski definition) is 3. The van der Waals surface area contributed by atoms with Gasteiger partial charge in [-0.3, -0.25) is 37.3 Å². The van der Waals surface area contributed by atoms with Crippen LogP contribution in [-0.2, 0) is 65.4 Å². The van der Waals surface area contributed by atoms with E-state index >= 15 is 0 Å². The second-order valence-electron chi connectivity index (χ2n) is 26.9. The largest absolute Gasteiger partial charge is 0.472 e. The Hall–Kier alpha value is -1.94. The number of esters is 4. The molecule has 0 saturated carbocycles. The Kier molecular flexibility index (Phi) is 62.7. The maximum atomic E-state index is 13.0. The van der Waals surface area contributed by atoms with Crippen LogP contribution in [-0.4, -0.2) is 96.7 Å². The molecule has 0 heterocycles. The van der Waals surface area contributed by atoms with Crippen molar-refractivity contribution >= 4 is 39.5 Å². The molecule has 0 fully saturated rings. The summed E-state index contributed by atoms with van der Waals surface area (Å²) < 4.78 is 68.2. The predicted octanol–water partition coefficient (Wildman–Crippen LogP) is 20.8. The van der Waals surface area contributed by atoms with Gasteiger partial charge in [-0.25, -0.2) is 9.13 Å². The van der Waals surface area contributed by atoms with E-state index in [1.807, 2.05) is 0 Å². The molecule has 0 aromatic heterocycles. The molecule has 0 amide bonds. The lowest BCUT2D eigenvalue weighted by molar-refractivity contribution is -0.161. The lowest BCUT2D eigenvalue weighted by Crippen LogP contribution is -2.30. The summed E-state index contributed by atoms with van der Waals surface area (Å²) in [6.07, 6.45) is 50.3. The first-order valence-corrected chi connectivity index (χ1v) is 40.5. The number of phosphoric ester groups is 2. The highest BCUT2D eigenvalue weighted by Crippen LogP contribution is 2.45. The number of aliphatic hydroxyl groups excluding tert-OH is 1. The SMILES string of the molecule is CCCCCCCCCCCCCCCCCCCCCCCC(=O)O[C@H](COC(=O)CCCCCCCCCCC(C)C)COP(=O)(O)OC[C@@H](O)COP(=O)(O)OC[C@@H](COC(=O)CCCCCCCCCCC)OC(=O)CCCCCCCCCC(C)C. The Morgan fingerprint density at radius 3 is 0.747 bits per heavy atom. The summed E-state index contributed by atoms with van der Waals surface area (Å²) >= 11 is 0. The number of carbonyl (C=O) groups is 4. The van der Waals surface area contributed by atoms with Gasteiger partial charge < -0.3 is 33.8 Å². The summed E-state index contributed by atoms with van der Waals surface area (Å²) in [4.78, 5) is 72.5. The number of aliphatic hydroxyl groups is 1. The van der Waals surface area contributed by atoms with E-state index in [9.17, 15) is 43.2 Å². The molecule has 0 rings (SSSR count). The minimum atomic E-state index is -4.95. The number of ether oxygens (including phenoxy) is 4. The lowest BCUT2D eigenvalue weighted by Gasteiger charge is -2.21. The molecular formula is C72H140O17P2. The monoisotopic (exact) mass is 1340 g/mol. The van der Waals surface area contributed by atoms with Gasteiger partial charge in [-0.1, -0.05) is 318 Å². The standard InChI is InChI=1S/C72H140O17P2/c1-7-9-11-13-15-17-18-19-20-21-22-23-24-25-26-27-28-30-38-44-50-56-71(76)88-67(60-83-70(75)55-49-43-37-32-31-34-40-46-52-64(3)4)62-86-90(78,79)84-58-66(73)59-85-91(80,81)87-63-68(61-82-69(74)54-48-42-36-29-16-14-12-10-8-2)89-72(77)57-51-45-39-33-35-41-47-53-65(5)6/h64-68,73H,7-63H2,1-6H3,(H,78,79)(H,80,81)/t66-,67-,68-/m1/s1. The zero-order chi connectivity index (χ0) is 67.2. The van der Waals surface area contributed by atoms with Crippen molar-refractivity contribution in [2.24, 2.45) is 11.8 Å². The van der Waals surface area contributed by atoms with Crippen molar-refractivity contribution in [1.82, 2.24) is 0 Å². The fourth-order valence-corrected chi connectivity index (χ4v) is 12.5. The van der Waals surface area contributed by atoms with Crippen LogP contribution in [0.15, 0.2) is 0 Å². The molecule has 0 bridgehead atoms. The van der Waals surface area contributed by atoms with Crippen molar-refractivity contribution < 1.29 is 80.2 Å². The summed E-state index contributed by atoms with van der Waals surface area (Å²) in [7, 11) is -9.90. The molecule has 17 nitrogen and oxygen atoms in total. The Morgan fingerprint density at radius 2 is 0.505 bits per heavy atom. The molecule has 0 spiro atoms. The van der Waals surface area contributed by atoms with Gasteiger partial charge in [0.25, 0.3) is 0 Å². The third-order valence-corrected chi connectivity index (χ3v) is 18.6. The number of rotatable bonds is 71. The van der Waals surface area contributed by atoms with E-state index < -0.39 is 97.5 Å². The summed E-state index contributed by atoms with van der Waals surface area (Å²) in [5.41, 5.74) is 0. The molecule has 5 atom stereocenters. The van der Waals surface area contributed by atoms with Gasteiger partial charge in [0, 0.05) is 25.7 Å². The van der Waals surface area contributed by atoms with E-state index in [1.54, 1.807) is 0 Å². The third-order valence-electron chi connectivity index (χ3n) is 16.7. The van der Waals surface area contributed by atoms with Crippen molar-refractivity contribution in [2.75, 3.05) is 39.6 Å². The molecule has 2 unspecified atom stereocenters. The molecule has 0 aliphatic rings. The first-order chi connectivity index (χ1) is 43.9. The average molecular weight is 1340 g/mol. The number of unbranched alkanes of at least 4 members (excludes halogenated alkanes) is 41. The highest BCUT2D eigenvalue weighted by atomic mass is 31.2. The van der Waals surface area contributed by atoms with Crippen molar-refractivity contribution in [2.45, 2.75) is 387 Å². The van der Waals surface area contributed by atoms with Crippen molar-refractivity contribution in [1.29, 1.82) is 0 Å². The van der Waals surface area contributed by atoms with E-state index in [2.05, 4.69) is 41.5 Å². The van der Waals surface area contributed by atoms with Crippen molar-refractivity contribution in [3.63, 3.8) is 0 Å². The zero-order valence-corrected chi connectivity index (χ0v) is 60.9. The third kappa shape index (κ3) is 66.5. The second-order valence-corrected chi connectivity index (χ2v) is 29.8. The molecule has 19 heteroatoms. The Labute approximate surface area is 556 Å². The topological polar surface area (TPSA) is 237 Å². The quantitative estimate of drug-likeness (QED) is 0.0222. The average Bonchev–Trinajstić information content (AvgIpc) is 2.90. The Morgan fingerprint density at radius 1 is 0.297 bits per heavy atom. The van der Waals surface area contributed by atoms with E-state index in [0.29, 0.717) is 31.6 Å². The molecule has 540 valence electrons. The molecular weight excluding hydrogens is 1200 g/mol. The molecule has 0 saturated heterocycles. The maximum Gasteiger partial charge on any atom is 0.472 e. The number of phosphoric acid groups is 2. The van der Waals surface area contributed by atoms with E-state index in [4.69, 9.17) is 37.0 Å². The van der Waals surface area contributed by atoms with E-state index in [0.717, 1.165) is 95.8 Å². The molecule has 0 aromatic rings. The van der Waals surface area contributed by atoms with Crippen molar-refractivity contribution in [3.05, 3.63) is 0 Å². The van der Waals surface area contributed by atoms with Crippen LogP contribution in [0.2, 0.25) is 0 Å². The summed E-state index contributed by atoms with van der Waals surface area (Å²) in [5, 5.41) is 10.6. The number of carbonyl (C=O) groups excluding carboxylic acids is 4. The van der Waals surface area contributed by atoms with Crippen LogP contribution in [0.1, 0.15) is 369 Å². The van der Waals surface area contributed by atoms with Gasteiger partial charge in [0.1, 0.15) is 19.3 Å². The van der Waals surface area contributed by atoms with Crippen LogP contribution in [0, 0.1) is 11.8 Å². The van der Waals surface area contributed by atoms with Gasteiger partial charge in [0.15, 0.2) is 12.2 Å². The smallest absolute Gasteiger partial charge is 0.462 e. The molecule has 0 aromatic carbocycles. The molecule has 0 radical (unpaired) electrons. The first-order valence-electron chi connectivity index (χ1n) is 37.5. The molecule has 91 heavy (non-hydrogen) atoms. The highest BCUT2D eigenvalue weighted by molar-refractivity contribution is 7.47. The minimum absolute atomic E-state index is 0.103. The summed E-state index contributed by atoms with van der Waals surface area (Å²) in [6, 6.07) is 0. The van der Waals surface area contributed by atoms with Crippen LogP contribution >= 0.6 is 15.6 Å². The molecule has 0 aliphatic carbocycles. The highest BCUT2D eigenvalue weighted by Gasteiger charge is 2.30. The Bertz CT molecular complexity index is 1770. The number of hydrogen-bond acceptors (Lipinski definition) is 15. The summed E-state index contributed by atoms with van der Waals surface area (Å²) in [6.45, 7) is 9.44. The first kappa shape index (κ1) is 89.1. The van der Waals surface area contributed by atoms with Crippen LogP contribution in [0.5, 0.6) is 0 Å². The molecule has 0 aliphatic heterocycles. The maximum absolute atomic E-state index is 13.0. The van der Waals surface area contributed by atoms with Crippen LogP contribution in [0.4, 0.5) is 0 Å². The zero-order valence-electron chi connectivity index (χ0n) is 59.1. The molecule has 3 N–H and O–H groups in total. The van der Waals surface area contributed by atoms with Crippen LogP contribution < -0.4 is 0 Å². The normalized spacial score (nSPS) is 14.1. The van der Waals surface area contributed by atoms with Crippen LogP contribution in [0.25, 0.3) is 0 Å². The second kappa shape index (κ2) is 64.1. The van der Waals surface area contributed by atoms with Gasteiger partial charge in [0.05, 0.1) is 26.4 Å². The van der Waals surface area contributed by atoms with E-state index in [-0.39, 0.29) is 25.7 Å². The lowest BCUT2D eigenvalue weighted by atomic mass is 10.0. The van der Waals surface area contributed by atoms with Gasteiger partial charge >= 0.3 is 39.5 Å².